The Hall–Kier alpha value is -2.11. The second-order valence-corrected chi connectivity index (χ2v) is 5.48. The maximum absolute atomic E-state index is 13.0. The molecule has 21 heavy (non-hydrogen) atoms. The fourth-order valence-electron chi connectivity index (χ4n) is 1.72. The first-order valence-electron chi connectivity index (χ1n) is 6.66. The van der Waals surface area contributed by atoms with Crippen LogP contribution in [0.3, 0.4) is 0 Å². The summed E-state index contributed by atoms with van der Waals surface area (Å²) in [7, 11) is 0. The highest BCUT2D eigenvalue weighted by Crippen LogP contribution is 2.15. The summed E-state index contributed by atoms with van der Waals surface area (Å²) in [5.41, 5.74) is -0.658. The van der Waals surface area contributed by atoms with Crippen molar-refractivity contribution in [2.45, 2.75) is 45.3 Å². The Balaban J connectivity index is 2.56. The first-order chi connectivity index (χ1) is 9.69. The van der Waals surface area contributed by atoms with Crippen LogP contribution in [0.4, 0.5) is 4.39 Å². The molecule has 116 valence electrons. The van der Waals surface area contributed by atoms with E-state index in [1.165, 1.54) is 18.2 Å². The van der Waals surface area contributed by atoms with Crippen molar-refractivity contribution in [2.75, 3.05) is 0 Å². The third kappa shape index (κ3) is 6.25. The number of hydrogen-bond acceptors (Lipinski definition) is 3. The molecule has 1 amide bonds. The first-order valence-corrected chi connectivity index (χ1v) is 6.66. The number of ether oxygens (including phenoxy) is 1. The van der Waals surface area contributed by atoms with Gasteiger partial charge in [0.1, 0.15) is 11.6 Å². The molecular weight excluding hydrogens is 277 g/mol. The van der Waals surface area contributed by atoms with Gasteiger partial charge in [0.15, 0.2) is 6.10 Å². The molecule has 1 aromatic carbocycles. The Bertz CT molecular complexity index is 516. The third-order valence-corrected chi connectivity index (χ3v) is 2.90. The van der Waals surface area contributed by atoms with Crippen LogP contribution in [0.5, 0.6) is 5.75 Å². The van der Waals surface area contributed by atoms with Crippen molar-refractivity contribution in [3.05, 3.63) is 30.1 Å². The van der Waals surface area contributed by atoms with E-state index < -0.39 is 23.4 Å². The lowest BCUT2D eigenvalue weighted by Crippen LogP contribution is -2.48. The lowest BCUT2D eigenvalue weighted by molar-refractivity contribution is -0.138. The van der Waals surface area contributed by atoms with Gasteiger partial charge in [-0.15, -0.1) is 0 Å². The van der Waals surface area contributed by atoms with Crippen LogP contribution in [0.2, 0.25) is 0 Å². The van der Waals surface area contributed by atoms with Gasteiger partial charge in [-0.3, -0.25) is 9.59 Å². The Morgan fingerprint density at radius 2 is 2.10 bits per heavy atom. The Kier molecular flexibility index (Phi) is 5.69. The SMILES string of the molecule is CC(Oc1cccc(F)c1)C(=O)NC(C)(C)CCC(=O)O. The maximum atomic E-state index is 13.0. The third-order valence-electron chi connectivity index (χ3n) is 2.90. The van der Waals surface area contributed by atoms with Gasteiger partial charge < -0.3 is 15.2 Å². The molecule has 1 atom stereocenters. The van der Waals surface area contributed by atoms with Crippen molar-refractivity contribution in [1.82, 2.24) is 5.32 Å². The number of carbonyl (C=O) groups excluding carboxylic acids is 1. The highest BCUT2D eigenvalue weighted by Gasteiger charge is 2.25. The van der Waals surface area contributed by atoms with E-state index in [4.69, 9.17) is 9.84 Å². The lowest BCUT2D eigenvalue weighted by Gasteiger charge is -2.27. The van der Waals surface area contributed by atoms with Gasteiger partial charge in [-0.05, 0) is 39.3 Å². The van der Waals surface area contributed by atoms with Crippen molar-refractivity contribution in [3.63, 3.8) is 0 Å². The number of halogens is 1. The number of carbonyl (C=O) groups is 2. The smallest absolute Gasteiger partial charge is 0.303 e. The molecule has 0 aliphatic carbocycles. The van der Waals surface area contributed by atoms with Crippen LogP contribution < -0.4 is 10.1 Å². The summed E-state index contributed by atoms with van der Waals surface area (Å²) in [5.74, 6) is -1.47. The summed E-state index contributed by atoms with van der Waals surface area (Å²) >= 11 is 0. The van der Waals surface area contributed by atoms with Gasteiger partial charge in [-0.25, -0.2) is 4.39 Å². The molecule has 5 nitrogen and oxygen atoms in total. The number of carboxylic acid groups (broad SMARTS) is 1. The number of benzene rings is 1. The lowest BCUT2D eigenvalue weighted by atomic mass is 9.98. The second kappa shape index (κ2) is 7.06. The molecule has 0 heterocycles. The minimum atomic E-state index is -0.915. The quantitative estimate of drug-likeness (QED) is 0.810. The normalized spacial score (nSPS) is 12.6. The van der Waals surface area contributed by atoms with E-state index in [-0.39, 0.29) is 18.1 Å². The summed E-state index contributed by atoms with van der Waals surface area (Å²) in [6, 6.07) is 5.53. The summed E-state index contributed by atoms with van der Waals surface area (Å²) in [4.78, 5) is 22.6. The molecule has 0 radical (unpaired) electrons. The zero-order valence-corrected chi connectivity index (χ0v) is 12.4. The van der Waals surface area contributed by atoms with Gasteiger partial charge in [0.25, 0.3) is 5.91 Å². The summed E-state index contributed by atoms with van der Waals surface area (Å²) in [6.45, 7) is 5.03. The van der Waals surface area contributed by atoms with Gasteiger partial charge >= 0.3 is 5.97 Å². The monoisotopic (exact) mass is 297 g/mol. The zero-order valence-electron chi connectivity index (χ0n) is 12.4. The highest BCUT2D eigenvalue weighted by atomic mass is 19.1. The Morgan fingerprint density at radius 1 is 1.43 bits per heavy atom. The molecule has 1 unspecified atom stereocenters. The average molecular weight is 297 g/mol. The summed E-state index contributed by atoms with van der Waals surface area (Å²) in [6.07, 6.45) is -0.538. The molecule has 0 saturated heterocycles. The van der Waals surface area contributed by atoms with Crippen molar-refractivity contribution >= 4 is 11.9 Å². The van der Waals surface area contributed by atoms with E-state index in [1.54, 1.807) is 26.8 Å². The number of carboxylic acids is 1. The second-order valence-electron chi connectivity index (χ2n) is 5.48. The van der Waals surface area contributed by atoms with Crippen LogP contribution in [0.25, 0.3) is 0 Å². The molecule has 0 aromatic heterocycles. The predicted molar refractivity (Wildman–Crippen MR) is 75.6 cm³/mol. The maximum Gasteiger partial charge on any atom is 0.303 e. The summed E-state index contributed by atoms with van der Waals surface area (Å²) in [5, 5.41) is 11.4. The number of hydrogen-bond donors (Lipinski definition) is 2. The van der Waals surface area contributed by atoms with Gasteiger partial charge in [-0.1, -0.05) is 6.07 Å². The largest absolute Gasteiger partial charge is 0.481 e. The van der Waals surface area contributed by atoms with Crippen LogP contribution in [0.1, 0.15) is 33.6 Å². The standard InChI is InChI=1S/C15H20FNO4/c1-10(21-12-6-4-5-11(16)9-12)14(20)17-15(2,3)8-7-13(18)19/h4-6,9-10H,7-8H2,1-3H3,(H,17,20)(H,18,19). The minimum Gasteiger partial charge on any atom is -0.481 e. The zero-order chi connectivity index (χ0) is 16.0. The molecule has 6 heteroatoms. The molecule has 0 aliphatic heterocycles. The van der Waals surface area contributed by atoms with Crippen LogP contribution in [0.15, 0.2) is 24.3 Å². The Morgan fingerprint density at radius 3 is 2.67 bits per heavy atom. The van der Waals surface area contributed by atoms with E-state index in [9.17, 15) is 14.0 Å². The molecule has 0 bridgehead atoms. The van der Waals surface area contributed by atoms with Gasteiger partial charge in [0, 0.05) is 18.0 Å². The number of amides is 1. The number of nitrogens with one attached hydrogen (secondary N) is 1. The van der Waals surface area contributed by atoms with Crippen molar-refractivity contribution in [2.24, 2.45) is 0 Å². The predicted octanol–water partition coefficient (Wildman–Crippen LogP) is 2.35. The van der Waals surface area contributed by atoms with Gasteiger partial charge in [-0.2, -0.15) is 0 Å². The van der Waals surface area contributed by atoms with Crippen LogP contribution in [-0.2, 0) is 9.59 Å². The van der Waals surface area contributed by atoms with E-state index in [0.717, 1.165) is 0 Å². The molecule has 0 fully saturated rings. The molecule has 2 N–H and O–H groups in total. The van der Waals surface area contributed by atoms with E-state index in [1.807, 2.05) is 0 Å². The molecule has 0 spiro atoms. The van der Waals surface area contributed by atoms with Crippen LogP contribution in [0, 0.1) is 5.82 Å². The van der Waals surface area contributed by atoms with Gasteiger partial charge in [0.2, 0.25) is 0 Å². The fraction of sp³-hybridized carbons (Fsp3) is 0.467. The molecule has 0 aliphatic rings. The van der Waals surface area contributed by atoms with E-state index in [2.05, 4.69) is 5.32 Å². The van der Waals surface area contributed by atoms with Crippen molar-refractivity contribution in [3.8, 4) is 5.75 Å². The molecule has 1 aromatic rings. The van der Waals surface area contributed by atoms with E-state index >= 15 is 0 Å². The van der Waals surface area contributed by atoms with Crippen LogP contribution in [-0.4, -0.2) is 28.6 Å². The summed E-state index contributed by atoms with van der Waals surface area (Å²) < 4.78 is 18.4. The average Bonchev–Trinajstić information content (AvgIpc) is 2.36. The fourth-order valence-corrected chi connectivity index (χ4v) is 1.72. The Labute approximate surface area is 123 Å². The highest BCUT2D eigenvalue weighted by molar-refractivity contribution is 5.81. The number of aliphatic carboxylic acids is 1. The number of rotatable bonds is 7. The van der Waals surface area contributed by atoms with E-state index in [0.29, 0.717) is 6.42 Å². The molecular formula is C15H20FNO4. The van der Waals surface area contributed by atoms with Crippen LogP contribution >= 0.6 is 0 Å². The molecule has 1 rings (SSSR count). The first kappa shape index (κ1) is 16.9. The minimum absolute atomic E-state index is 0.0353. The van der Waals surface area contributed by atoms with Gasteiger partial charge in [0.05, 0.1) is 0 Å². The van der Waals surface area contributed by atoms with Crippen molar-refractivity contribution < 1.29 is 23.8 Å². The topological polar surface area (TPSA) is 75.6 Å². The van der Waals surface area contributed by atoms with Crippen molar-refractivity contribution in [1.29, 1.82) is 0 Å². The molecule has 0 saturated carbocycles.